The molecule has 0 aliphatic rings. The second-order valence-electron chi connectivity index (χ2n) is 10.7. The SMILES string of the molecule is C/C(=C(/C)S(N)(=O)=O)c1ncc(C)cn1.Cc1cnc([C@@H](C)[C@H](C)S(N)(=O)=O)nc1.Cc1cnc([C@H](C)[C@@H](C)S(N)(=O)=O)nc1. The Balaban J connectivity index is 0.000000337. The molecular weight excluding hydrogens is 643 g/mol. The van der Waals surface area contributed by atoms with Crippen molar-refractivity contribution in [3.63, 3.8) is 0 Å². The van der Waals surface area contributed by atoms with Crippen molar-refractivity contribution < 1.29 is 25.3 Å². The molecule has 3 heterocycles. The van der Waals surface area contributed by atoms with E-state index in [2.05, 4.69) is 29.9 Å². The average Bonchev–Trinajstić information content (AvgIpc) is 2.95. The molecule has 3 rings (SSSR count). The van der Waals surface area contributed by atoms with E-state index < -0.39 is 40.6 Å². The highest BCUT2D eigenvalue weighted by molar-refractivity contribution is 7.93. The summed E-state index contributed by atoms with van der Waals surface area (Å²) in [6, 6.07) is 0. The first kappa shape index (κ1) is 39.7. The van der Waals surface area contributed by atoms with Gasteiger partial charge in [-0.1, -0.05) is 13.8 Å². The topological polar surface area (TPSA) is 258 Å². The summed E-state index contributed by atoms with van der Waals surface area (Å²) in [7, 11) is -10.7. The number of nitrogens with two attached hydrogens (primary N) is 3. The van der Waals surface area contributed by atoms with Gasteiger partial charge in [0, 0.05) is 54.6 Å². The van der Waals surface area contributed by atoms with Crippen LogP contribution in [0.2, 0.25) is 0 Å². The van der Waals surface area contributed by atoms with E-state index in [1.54, 1.807) is 71.8 Å². The van der Waals surface area contributed by atoms with Crippen molar-refractivity contribution >= 4 is 35.6 Å². The third kappa shape index (κ3) is 12.9. The lowest BCUT2D eigenvalue weighted by Gasteiger charge is -2.16. The fraction of sp³-hybridized carbons (Fsp3) is 0.481. The number of hydrogen-bond acceptors (Lipinski definition) is 12. The van der Waals surface area contributed by atoms with Gasteiger partial charge >= 0.3 is 0 Å². The molecule has 15 nitrogen and oxygen atoms in total. The van der Waals surface area contributed by atoms with Gasteiger partial charge in [0.1, 0.15) is 11.6 Å². The zero-order valence-electron chi connectivity index (χ0n) is 26.9. The third-order valence-corrected chi connectivity index (χ3v) is 11.0. The summed E-state index contributed by atoms with van der Waals surface area (Å²) < 4.78 is 66.7. The Labute approximate surface area is 266 Å². The summed E-state index contributed by atoms with van der Waals surface area (Å²) in [5, 5.41) is 13.8. The van der Waals surface area contributed by atoms with E-state index in [0.29, 0.717) is 23.0 Å². The Hall–Kier alpha value is -3.29. The molecule has 0 aliphatic carbocycles. The predicted octanol–water partition coefficient (Wildman–Crippen LogP) is 1.96. The molecule has 0 aromatic carbocycles. The molecule has 45 heavy (non-hydrogen) atoms. The molecule has 3 aromatic rings. The minimum Gasteiger partial charge on any atom is -0.241 e. The fourth-order valence-corrected chi connectivity index (χ4v) is 5.12. The maximum Gasteiger partial charge on any atom is 0.234 e. The van der Waals surface area contributed by atoms with Crippen molar-refractivity contribution in [3.8, 4) is 0 Å². The fourth-order valence-electron chi connectivity index (χ4n) is 3.22. The van der Waals surface area contributed by atoms with Crippen molar-refractivity contribution in [1.29, 1.82) is 0 Å². The normalized spacial score (nSPS) is 15.2. The van der Waals surface area contributed by atoms with Crippen LogP contribution in [0.5, 0.6) is 0 Å². The molecule has 6 N–H and O–H groups in total. The maximum atomic E-state index is 11.1. The van der Waals surface area contributed by atoms with Crippen molar-refractivity contribution in [1.82, 2.24) is 29.9 Å². The lowest BCUT2D eigenvalue weighted by molar-refractivity contribution is 0.563. The highest BCUT2D eigenvalue weighted by Gasteiger charge is 2.27. The van der Waals surface area contributed by atoms with Crippen LogP contribution in [0, 0.1) is 20.8 Å². The zero-order valence-corrected chi connectivity index (χ0v) is 29.3. The zero-order chi connectivity index (χ0) is 34.9. The minimum atomic E-state index is -3.66. The number of hydrogen-bond donors (Lipinski definition) is 3. The van der Waals surface area contributed by atoms with Crippen molar-refractivity contribution in [2.75, 3.05) is 0 Å². The van der Waals surface area contributed by atoms with Crippen LogP contribution in [-0.4, -0.2) is 65.7 Å². The summed E-state index contributed by atoms with van der Waals surface area (Å²) in [5.41, 5.74) is 3.26. The van der Waals surface area contributed by atoms with Crippen molar-refractivity contribution in [2.24, 2.45) is 15.4 Å². The van der Waals surface area contributed by atoms with E-state index >= 15 is 0 Å². The monoisotopic (exact) mass is 685 g/mol. The van der Waals surface area contributed by atoms with Crippen LogP contribution >= 0.6 is 0 Å². The molecule has 0 amide bonds. The Kier molecular flexibility index (Phi) is 14.4. The summed E-state index contributed by atoms with van der Waals surface area (Å²) in [6.07, 6.45) is 9.90. The molecule has 3 aromatic heterocycles. The summed E-state index contributed by atoms with van der Waals surface area (Å²) >= 11 is 0. The molecule has 0 radical (unpaired) electrons. The van der Waals surface area contributed by atoms with Gasteiger partial charge in [0.05, 0.1) is 15.4 Å². The molecule has 4 atom stereocenters. The number of nitrogens with zero attached hydrogens (tertiary/aromatic N) is 6. The molecule has 0 aliphatic heterocycles. The second-order valence-corrected chi connectivity index (χ2v) is 16.3. The van der Waals surface area contributed by atoms with E-state index in [4.69, 9.17) is 15.4 Å². The van der Waals surface area contributed by atoms with Crippen molar-refractivity contribution in [3.05, 3.63) is 76.2 Å². The molecule has 0 saturated carbocycles. The predicted molar refractivity (Wildman–Crippen MR) is 174 cm³/mol. The number of primary sulfonamides is 3. The molecular formula is C27H43N9O6S3. The first-order chi connectivity index (χ1) is 20.5. The highest BCUT2D eigenvalue weighted by atomic mass is 32.2. The number of sulfonamides is 3. The first-order valence-corrected chi connectivity index (χ1v) is 18.3. The van der Waals surface area contributed by atoms with Gasteiger partial charge in [-0.25, -0.2) is 70.6 Å². The van der Waals surface area contributed by atoms with Crippen molar-refractivity contribution in [2.45, 2.75) is 84.6 Å². The van der Waals surface area contributed by atoms with Crippen LogP contribution < -0.4 is 15.4 Å². The summed E-state index contributed by atoms with van der Waals surface area (Å²) in [4.78, 5) is 24.5. The van der Waals surface area contributed by atoms with E-state index in [1.165, 1.54) is 6.92 Å². The first-order valence-electron chi connectivity index (χ1n) is 13.6. The van der Waals surface area contributed by atoms with Gasteiger partial charge in [-0.3, -0.25) is 0 Å². The van der Waals surface area contributed by atoms with E-state index in [1.807, 2.05) is 20.8 Å². The van der Waals surface area contributed by atoms with Gasteiger partial charge in [0.25, 0.3) is 0 Å². The van der Waals surface area contributed by atoms with Crippen LogP contribution in [-0.2, 0) is 30.1 Å². The Morgan fingerprint density at radius 1 is 0.556 bits per heavy atom. The number of aryl methyl sites for hydroxylation is 3. The molecule has 250 valence electrons. The van der Waals surface area contributed by atoms with Gasteiger partial charge in [0.2, 0.25) is 30.1 Å². The second kappa shape index (κ2) is 16.3. The molecule has 18 heteroatoms. The quantitative estimate of drug-likeness (QED) is 0.307. The largest absolute Gasteiger partial charge is 0.241 e. The summed E-state index contributed by atoms with van der Waals surface area (Å²) in [6.45, 7) is 15.3. The summed E-state index contributed by atoms with van der Waals surface area (Å²) in [5.74, 6) is 0.776. The number of allylic oxidation sites excluding steroid dienone is 2. The molecule has 0 fully saturated rings. The molecule has 0 saturated heterocycles. The Bertz CT molecular complexity index is 1680. The third-order valence-electron chi connectivity index (χ3n) is 6.93. The van der Waals surface area contributed by atoms with E-state index in [9.17, 15) is 25.3 Å². The highest BCUT2D eigenvalue weighted by Crippen LogP contribution is 2.20. The van der Waals surface area contributed by atoms with Crippen LogP contribution in [0.4, 0.5) is 0 Å². The van der Waals surface area contributed by atoms with Crippen LogP contribution in [0.25, 0.3) is 5.57 Å². The van der Waals surface area contributed by atoms with E-state index in [-0.39, 0.29) is 16.7 Å². The lowest BCUT2D eigenvalue weighted by atomic mass is 10.1. The van der Waals surface area contributed by atoms with Gasteiger partial charge in [-0.2, -0.15) is 0 Å². The molecule has 0 bridgehead atoms. The smallest absolute Gasteiger partial charge is 0.234 e. The average molecular weight is 686 g/mol. The molecule has 0 unspecified atom stereocenters. The number of aromatic nitrogens is 6. The van der Waals surface area contributed by atoms with Gasteiger partial charge in [0.15, 0.2) is 5.82 Å². The van der Waals surface area contributed by atoms with Gasteiger partial charge < -0.3 is 0 Å². The van der Waals surface area contributed by atoms with E-state index in [0.717, 1.165) is 16.7 Å². The lowest BCUT2D eigenvalue weighted by Crippen LogP contribution is -2.31. The van der Waals surface area contributed by atoms with Crippen LogP contribution in [0.3, 0.4) is 0 Å². The van der Waals surface area contributed by atoms with Crippen LogP contribution in [0.15, 0.2) is 42.1 Å². The van der Waals surface area contributed by atoms with Crippen LogP contribution in [0.1, 0.15) is 87.5 Å². The Morgan fingerprint density at radius 3 is 1.07 bits per heavy atom. The molecule has 0 spiro atoms. The van der Waals surface area contributed by atoms with Gasteiger partial charge in [-0.05, 0) is 65.2 Å². The Morgan fingerprint density at radius 2 is 0.822 bits per heavy atom. The standard InChI is InChI=1S/2C9H15N3O2S.C9H13N3O2S/c3*1-6-4-11-9(12-5-6)7(2)8(3)15(10,13)14/h2*4-5,7-8H,1-3H3,(H2,10,13,14);4-5H,1-3H3,(H2,10,13,14)/b;;8-7+/t2*7-,8-;/m10./s1. The number of rotatable bonds is 8. The minimum absolute atomic E-state index is 0.0892. The maximum absolute atomic E-state index is 11.1. The van der Waals surface area contributed by atoms with Gasteiger partial charge in [-0.15, -0.1) is 0 Å².